The van der Waals surface area contributed by atoms with E-state index in [1.165, 1.54) is 0 Å². The van der Waals surface area contributed by atoms with Gasteiger partial charge in [0.15, 0.2) is 12.4 Å². The number of hydrogen-bond donors (Lipinski definition) is 0. The number of nitrogens with one attached hydrogen (secondary N) is 1. The molecule has 1 rings (SSSR count). The molecule has 0 spiro atoms. The molecule has 0 saturated carbocycles. The highest BCUT2D eigenvalue weighted by molar-refractivity contribution is 4.82. The molecule has 2 heteroatoms. The second-order valence-electron chi connectivity index (χ2n) is 1.37. The average molecular weight is 125 g/mol. The molecule has 0 saturated heterocycles. The number of aromatic nitrogens is 1. The fourth-order valence-electron chi connectivity index (χ4n) is 0.342. The van der Waals surface area contributed by atoms with Crippen molar-refractivity contribution in [2.45, 2.75) is 6.92 Å². The largest absolute Gasteiger partial charge is 0.855 e. The molecule has 0 radical (unpaired) electrons. The first-order chi connectivity index (χ1) is 4.41. The van der Waals surface area contributed by atoms with E-state index < -0.39 is 0 Å². The molecule has 0 aliphatic carbocycles. The number of hydrogen-bond acceptors (Lipinski definition) is 1. The minimum Gasteiger partial charge on any atom is -0.855 e. The lowest BCUT2D eigenvalue weighted by Gasteiger charge is -1.79. The van der Waals surface area contributed by atoms with Gasteiger partial charge in [0.2, 0.25) is 0 Å². The zero-order chi connectivity index (χ0) is 6.95. The number of H-pyrrole nitrogens is 1. The maximum atomic E-state index is 8.93. The summed E-state index contributed by atoms with van der Waals surface area (Å²) >= 11 is 0. The first-order valence-corrected chi connectivity index (χ1v) is 2.91. The van der Waals surface area contributed by atoms with Crippen LogP contribution in [0.2, 0.25) is 0 Å². The quantitative estimate of drug-likeness (QED) is 0.475. The maximum Gasteiger partial charge on any atom is 0.166 e. The Morgan fingerprint density at radius 2 is 1.67 bits per heavy atom. The van der Waals surface area contributed by atoms with Crippen LogP contribution < -0.4 is 10.1 Å². The van der Waals surface area contributed by atoms with Crippen molar-refractivity contribution in [1.29, 1.82) is 0 Å². The highest BCUT2D eigenvalue weighted by Gasteiger charge is 1.65. The third kappa shape index (κ3) is 7.11. The van der Waals surface area contributed by atoms with Gasteiger partial charge in [0.05, 0.1) is 0 Å². The van der Waals surface area contributed by atoms with Gasteiger partial charge in [-0.1, -0.05) is 13.0 Å². The van der Waals surface area contributed by atoms with E-state index in [4.69, 9.17) is 5.11 Å². The Labute approximate surface area is 55.2 Å². The van der Waals surface area contributed by atoms with Crippen molar-refractivity contribution in [3.8, 4) is 0 Å². The first kappa shape index (κ1) is 8.11. The molecular weight excluding hydrogens is 114 g/mol. The Hall–Kier alpha value is -0.890. The molecular formula is C7H11NO. The summed E-state index contributed by atoms with van der Waals surface area (Å²) in [6, 6.07) is 5.86. The summed E-state index contributed by atoms with van der Waals surface area (Å²) in [5.41, 5.74) is 0. The Kier molecular flexibility index (Phi) is 6.41. The van der Waals surface area contributed by atoms with Crippen molar-refractivity contribution in [2.75, 3.05) is 6.61 Å². The maximum absolute atomic E-state index is 8.93. The molecule has 0 bridgehead atoms. The highest BCUT2D eigenvalue weighted by Crippen LogP contribution is 1.68. The van der Waals surface area contributed by atoms with E-state index in [2.05, 4.69) is 4.98 Å². The van der Waals surface area contributed by atoms with Crippen LogP contribution in [0.1, 0.15) is 6.92 Å². The van der Waals surface area contributed by atoms with Gasteiger partial charge >= 0.3 is 0 Å². The van der Waals surface area contributed by atoms with E-state index in [1.807, 2.05) is 30.6 Å². The molecule has 1 aromatic heterocycles. The molecule has 0 atom stereocenters. The topological polar surface area (TPSA) is 37.2 Å². The molecule has 0 fully saturated rings. The fraction of sp³-hybridized carbons (Fsp3) is 0.286. The van der Waals surface area contributed by atoms with Crippen LogP contribution in [-0.2, 0) is 0 Å². The Bertz CT molecular complexity index is 91.8. The van der Waals surface area contributed by atoms with Gasteiger partial charge in [0.1, 0.15) is 0 Å². The van der Waals surface area contributed by atoms with Crippen molar-refractivity contribution in [1.82, 2.24) is 0 Å². The summed E-state index contributed by atoms with van der Waals surface area (Å²) in [7, 11) is 0. The number of pyridine rings is 1. The monoisotopic (exact) mass is 125 g/mol. The Balaban J connectivity index is 0.000000187. The molecule has 0 unspecified atom stereocenters. The van der Waals surface area contributed by atoms with Gasteiger partial charge in [-0.25, -0.2) is 4.98 Å². The van der Waals surface area contributed by atoms with E-state index in [-0.39, 0.29) is 6.61 Å². The van der Waals surface area contributed by atoms with Gasteiger partial charge in [-0.15, -0.1) is 6.61 Å². The molecule has 50 valence electrons. The van der Waals surface area contributed by atoms with Gasteiger partial charge in [-0.3, -0.25) is 0 Å². The third-order valence-electron chi connectivity index (χ3n) is 0.607. The van der Waals surface area contributed by atoms with Gasteiger partial charge in [0, 0.05) is 12.1 Å². The molecule has 0 aromatic carbocycles. The van der Waals surface area contributed by atoms with Crippen molar-refractivity contribution >= 4 is 0 Å². The number of aromatic amines is 1. The standard InChI is InChI=1S/C5H5N.C2H5O/c1-2-4-6-5-3-1;1-2-3/h1-5H;2H2,1H3/q;-1/p+1. The van der Waals surface area contributed by atoms with E-state index >= 15 is 0 Å². The van der Waals surface area contributed by atoms with Crippen LogP contribution in [0.3, 0.4) is 0 Å². The average Bonchev–Trinajstić information content (AvgIpc) is 1.93. The Morgan fingerprint density at radius 1 is 1.22 bits per heavy atom. The van der Waals surface area contributed by atoms with Crippen LogP contribution in [0.5, 0.6) is 0 Å². The fourth-order valence-corrected chi connectivity index (χ4v) is 0.342. The van der Waals surface area contributed by atoms with Crippen molar-refractivity contribution < 1.29 is 10.1 Å². The van der Waals surface area contributed by atoms with E-state index in [0.717, 1.165) is 0 Å². The highest BCUT2D eigenvalue weighted by atomic mass is 16.2. The zero-order valence-electron chi connectivity index (χ0n) is 5.50. The summed E-state index contributed by atoms with van der Waals surface area (Å²) < 4.78 is 0. The second kappa shape index (κ2) is 7.11. The van der Waals surface area contributed by atoms with Crippen LogP contribution in [0, 0.1) is 0 Å². The van der Waals surface area contributed by atoms with Crippen molar-refractivity contribution in [3.63, 3.8) is 0 Å². The Morgan fingerprint density at radius 3 is 1.78 bits per heavy atom. The van der Waals surface area contributed by atoms with Gasteiger partial charge in [-0.2, -0.15) is 0 Å². The summed E-state index contributed by atoms with van der Waals surface area (Å²) in [6.45, 7) is 1.57. The lowest BCUT2D eigenvalue weighted by molar-refractivity contribution is -0.378. The van der Waals surface area contributed by atoms with Crippen LogP contribution in [0.4, 0.5) is 0 Å². The van der Waals surface area contributed by atoms with Gasteiger partial charge in [-0.05, 0) is 0 Å². The summed E-state index contributed by atoms with van der Waals surface area (Å²) in [6.07, 6.45) is 3.75. The minimum absolute atomic E-state index is 0. The van der Waals surface area contributed by atoms with Crippen LogP contribution in [0.25, 0.3) is 0 Å². The van der Waals surface area contributed by atoms with E-state index in [9.17, 15) is 0 Å². The summed E-state index contributed by atoms with van der Waals surface area (Å²) in [4.78, 5) is 2.89. The van der Waals surface area contributed by atoms with Crippen LogP contribution in [-0.4, -0.2) is 6.61 Å². The normalized spacial score (nSPS) is 7.33. The minimum atomic E-state index is 0. The molecule has 2 nitrogen and oxygen atoms in total. The predicted octanol–water partition coefficient (Wildman–Crippen LogP) is -0.133. The SMILES string of the molecule is CC[O-].c1cc[nH+]cc1. The van der Waals surface area contributed by atoms with Crippen LogP contribution in [0.15, 0.2) is 30.6 Å². The first-order valence-electron chi connectivity index (χ1n) is 2.91. The molecule has 0 aliphatic rings. The predicted molar refractivity (Wildman–Crippen MR) is 33.5 cm³/mol. The lowest BCUT2D eigenvalue weighted by Crippen LogP contribution is -1.97. The molecule has 0 amide bonds. The zero-order valence-corrected chi connectivity index (χ0v) is 5.50. The van der Waals surface area contributed by atoms with E-state index in [1.54, 1.807) is 6.92 Å². The number of rotatable bonds is 0. The lowest BCUT2D eigenvalue weighted by atomic mass is 10.5. The van der Waals surface area contributed by atoms with E-state index in [0.29, 0.717) is 0 Å². The second-order valence-corrected chi connectivity index (χ2v) is 1.37. The molecule has 1 aromatic rings. The van der Waals surface area contributed by atoms with Gasteiger partial charge in [0.25, 0.3) is 0 Å². The molecule has 1 N–H and O–H groups in total. The van der Waals surface area contributed by atoms with Crippen molar-refractivity contribution in [2.24, 2.45) is 0 Å². The smallest absolute Gasteiger partial charge is 0.166 e. The summed E-state index contributed by atoms with van der Waals surface area (Å²) in [5, 5.41) is 8.93. The third-order valence-corrected chi connectivity index (χ3v) is 0.607. The van der Waals surface area contributed by atoms with Crippen LogP contribution >= 0.6 is 0 Å². The van der Waals surface area contributed by atoms with Crippen molar-refractivity contribution in [3.05, 3.63) is 30.6 Å². The molecule has 0 aliphatic heterocycles. The summed E-state index contributed by atoms with van der Waals surface area (Å²) in [5.74, 6) is 0. The van der Waals surface area contributed by atoms with Gasteiger partial charge < -0.3 is 5.11 Å². The molecule has 9 heavy (non-hydrogen) atoms. The molecule has 1 heterocycles.